The molecule has 13 heteroatoms. The van der Waals surface area contributed by atoms with E-state index < -0.39 is 46.2 Å². The number of Topliss-reactive ketones (excluding diaryl/α,β-unsaturated/α-hetero) is 1. The van der Waals surface area contributed by atoms with Gasteiger partial charge in [-0.2, -0.15) is 10.1 Å². The summed E-state index contributed by atoms with van der Waals surface area (Å²) in [7, 11) is -5.16. The van der Waals surface area contributed by atoms with E-state index in [1.165, 1.54) is 0 Å². The fourth-order valence-corrected chi connectivity index (χ4v) is 5.30. The molecule has 206 valence electrons. The van der Waals surface area contributed by atoms with Crippen LogP contribution in [0.4, 0.5) is 0 Å². The molecule has 0 saturated heterocycles. The topological polar surface area (TPSA) is 118 Å². The summed E-state index contributed by atoms with van der Waals surface area (Å²) in [6.07, 6.45) is -0.236. The molecule has 1 fully saturated rings. The van der Waals surface area contributed by atoms with Crippen molar-refractivity contribution in [3.8, 4) is 0 Å². The van der Waals surface area contributed by atoms with E-state index >= 15 is 0 Å². The second-order valence-corrected chi connectivity index (χ2v) is 22.0. The van der Waals surface area contributed by atoms with Crippen molar-refractivity contribution >= 4 is 46.2 Å². The molecule has 2 unspecified atom stereocenters. The van der Waals surface area contributed by atoms with Gasteiger partial charge in [0.05, 0.1) is 0 Å². The van der Waals surface area contributed by atoms with E-state index in [2.05, 4.69) is 0 Å². The van der Waals surface area contributed by atoms with Gasteiger partial charge in [0.1, 0.15) is 5.55 Å². The average Bonchev–Trinajstić information content (AvgIpc) is 2.92. The molecule has 1 saturated carbocycles. The zero-order valence-electron chi connectivity index (χ0n) is 23.1. The van der Waals surface area contributed by atoms with Crippen molar-refractivity contribution in [1.82, 2.24) is 10.1 Å². The van der Waals surface area contributed by atoms with Crippen molar-refractivity contribution in [3.63, 3.8) is 0 Å². The Morgan fingerprint density at radius 1 is 1.08 bits per heavy atom. The number of ether oxygens (including phenoxy) is 2. The van der Waals surface area contributed by atoms with Gasteiger partial charge in [-0.1, -0.05) is 41.5 Å². The van der Waals surface area contributed by atoms with Crippen molar-refractivity contribution in [3.05, 3.63) is 11.8 Å². The van der Waals surface area contributed by atoms with Crippen LogP contribution in [0.1, 0.15) is 67.2 Å². The normalized spacial score (nSPS) is 24.2. The van der Waals surface area contributed by atoms with E-state index in [9.17, 15) is 19.9 Å². The van der Waals surface area contributed by atoms with Gasteiger partial charge in [0.25, 0.3) is 25.7 Å². The Bertz CT molecular complexity index is 913. The zero-order valence-corrected chi connectivity index (χ0v) is 25.9. The number of hydrogen-bond acceptors (Lipinski definition) is 11. The van der Waals surface area contributed by atoms with E-state index in [0.717, 1.165) is 10.6 Å². The number of aliphatic hydroxyl groups excluding tert-OH is 1. The first-order valence-electron chi connectivity index (χ1n) is 12.2. The molecule has 10 nitrogen and oxygen atoms in total. The summed E-state index contributed by atoms with van der Waals surface area (Å²) in [5, 5.41) is 23.2. The average molecular weight is 563 g/mol. The van der Waals surface area contributed by atoms with Gasteiger partial charge in [0.15, 0.2) is 5.78 Å². The molecular formula is C23H42N2O8SSi2. The standard InChI is InChI=1S/C23H42N2O8SSi2/c1-21(2,3)35(7,8)32-18-17(27)25(33-36(9,10)22(4,5)6)20(24(18)29)31-19(28)23(30-15-34)14-12-11-13-16(23)26/h15,20,27,29H,11-14H2,1-10H3. The molecule has 1 aliphatic heterocycles. The summed E-state index contributed by atoms with van der Waals surface area (Å²) in [4.78, 5) is 26.2. The van der Waals surface area contributed by atoms with Crippen LogP contribution in [0.5, 0.6) is 0 Å². The number of rotatable bonds is 8. The summed E-state index contributed by atoms with van der Waals surface area (Å²) in [6.45, 7) is 19.8. The highest BCUT2D eigenvalue weighted by Crippen LogP contribution is 2.43. The lowest BCUT2D eigenvalue weighted by Crippen LogP contribution is -2.56. The number of esters is 1. The van der Waals surface area contributed by atoms with Gasteiger partial charge in [-0.05, 0) is 61.3 Å². The fraction of sp³-hybridized carbons (Fsp3) is 0.783. The Labute approximate surface area is 221 Å². The van der Waals surface area contributed by atoms with Gasteiger partial charge < -0.3 is 23.5 Å². The fourth-order valence-electron chi connectivity index (χ4n) is 3.22. The van der Waals surface area contributed by atoms with Crippen LogP contribution in [0.15, 0.2) is 11.8 Å². The van der Waals surface area contributed by atoms with E-state index in [-0.39, 0.29) is 28.8 Å². The predicted octanol–water partition coefficient (Wildman–Crippen LogP) is 5.32. The highest BCUT2D eigenvalue weighted by atomic mass is 32.1. The molecule has 0 bridgehead atoms. The van der Waals surface area contributed by atoms with Gasteiger partial charge >= 0.3 is 12.3 Å². The third-order valence-electron chi connectivity index (χ3n) is 7.73. The minimum Gasteiger partial charge on any atom is -0.527 e. The second kappa shape index (κ2) is 10.2. The SMILES string of the molecule is CC(C)(C)[Si](C)(C)OC1=C(O)N(O[Si](C)(C)C(C)(C)C)C(OC(=O)C2(OC=S)CCCCC2=O)N1O. The highest BCUT2D eigenvalue weighted by Gasteiger charge is 2.56. The lowest BCUT2D eigenvalue weighted by atomic mass is 9.83. The van der Waals surface area contributed by atoms with Crippen LogP contribution in [-0.4, -0.2) is 66.3 Å². The Balaban J connectivity index is 2.50. The molecule has 0 spiro atoms. The van der Waals surface area contributed by atoms with Crippen molar-refractivity contribution in [1.29, 1.82) is 0 Å². The second-order valence-electron chi connectivity index (χ2n) is 12.4. The van der Waals surface area contributed by atoms with Gasteiger partial charge in [0.2, 0.25) is 8.32 Å². The number of carbonyl (C=O) groups excluding carboxylic acids is 2. The quantitative estimate of drug-likeness (QED) is 0.173. The Morgan fingerprint density at radius 2 is 1.64 bits per heavy atom. The number of thiocarbonyl (C=S) groups is 1. The van der Waals surface area contributed by atoms with Crippen molar-refractivity contribution in [2.45, 2.75) is 115 Å². The molecular weight excluding hydrogens is 520 g/mol. The van der Waals surface area contributed by atoms with Gasteiger partial charge in [-0.25, -0.2) is 4.79 Å². The van der Waals surface area contributed by atoms with E-state index in [0.29, 0.717) is 17.9 Å². The van der Waals surface area contributed by atoms with Crippen molar-refractivity contribution in [2.24, 2.45) is 0 Å². The van der Waals surface area contributed by atoms with Crippen LogP contribution in [0.25, 0.3) is 0 Å². The van der Waals surface area contributed by atoms with Gasteiger partial charge in [0, 0.05) is 12.8 Å². The van der Waals surface area contributed by atoms with Crippen LogP contribution < -0.4 is 0 Å². The molecule has 0 aromatic carbocycles. The molecule has 2 atom stereocenters. The first-order valence-corrected chi connectivity index (χ1v) is 18.5. The van der Waals surface area contributed by atoms with Crippen LogP contribution in [0, 0.1) is 0 Å². The molecule has 2 rings (SSSR count). The van der Waals surface area contributed by atoms with Gasteiger partial charge in [-0.3, -0.25) is 10.0 Å². The monoisotopic (exact) mass is 562 g/mol. The van der Waals surface area contributed by atoms with Crippen LogP contribution >= 0.6 is 12.2 Å². The first-order chi connectivity index (χ1) is 16.2. The molecule has 1 aliphatic carbocycles. The lowest BCUT2D eigenvalue weighted by Gasteiger charge is -2.41. The van der Waals surface area contributed by atoms with Crippen molar-refractivity contribution < 1.29 is 38.3 Å². The molecule has 0 aromatic heterocycles. The maximum atomic E-state index is 13.4. The van der Waals surface area contributed by atoms with E-state index in [1.54, 1.807) is 0 Å². The number of carbonyl (C=O) groups is 2. The molecule has 2 N–H and O–H groups in total. The maximum Gasteiger partial charge on any atom is 0.361 e. The molecule has 2 aliphatic rings. The molecule has 0 amide bonds. The summed E-state index contributed by atoms with van der Waals surface area (Å²) >= 11 is 4.79. The minimum atomic E-state index is -2.61. The van der Waals surface area contributed by atoms with E-state index in [4.69, 9.17) is 30.6 Å². The Morgan fingerprint density at radius 3 is 2.11 bits per heavy atom. The molecule has 0 aromatic rings. The van der Waals surface area contributed by atoms with Crippen LogP contribution in [0.2, 0.25) is 36.3 Å². The Hall–Kier alpha value is -1.68. The predicted molar refractivity (Wildman–Crippen MR) is 143 cm³/mol. The summed E-state index contributed by atoms with van der Waals surface area (Å²) in [5.74, 6) is -2.28. The number of hydroxylamine groups is 4. The number of ketones is 1. The third-order valence-corrected chi connectivity index (χ3v) is 16.4. The third kappa shape index (κ3) is 5.74. The first kappa shape index (κ1) is 30.5. The lowest BCUT2D eigenvalue weighted by molar-refractivity contribution is -0.289. The van der Waals surface area contributed by atoms with Crippen LogP contribution in [0.3, 0.4) is 0 Å². The zero-order chi connectivity index (χ0) is 27.9. The largest absolute Gasteiger partial charge is 0.527 e. The Kier molecular flexibility index (Phi) is 8.69. The minimum absolute atomic E-state index is 0.0891. The number of aliphatic hydroxyl groups is 1. The maximum absolute atomic E-state index is 13.4. The van der Waals surface area contributed by atoms with Crippen molar-refractivity contribution in [2.75, 3.05) is 0 Å². The number of nitrogens with zero attached hydrogens (tertiary/aromatic N) is 2. The summed E-state index contributed by atoms with van der Waals surface area (Å²) < 4.78 is 23.5. The smallest absolute Gasteiger partial charge is 0.361 e. The van der Waals surface area contributed by atoms with Crippen LogP contribution in [-0.2, 0) is 28.0 Å². The molecule has 1 heterocycles. The molecule has 0 radical (unpaired) electrons. The highest BCUT2D eigenvalue weighted by molar-refractivity contribution is 7.78. The number of hydrogen-bond donors (Lipinski definition) is 2. The van der Waals surface area contributed by atoms with E-state index in [1.807, 2.05) is 67.7 Å². The summed E-state index contributed by atoms with van der Waals surface area (Å²) in [6, 6.07) is 0. The molecule has 36 heavy (non-hydrogen) atoms. The van der Waals surface area contributed by atoms with Gasteiger partial charge in [-0.15, -0.1) is 0 Å². The summed E-state index contributed by atoms with van der Waals surface area (Å²) in [5.41, 5.74) is -1.04.